The molecular weight excluding hydrogens is 179 g/mol. The first-order chi connectivity index (χ1) is 5.25. The van der Waals surface area contributed by atoms with E-state index < -0.39 is 5.95 Å². The minimum atomic E-state index is -0.457. The zero-order valence-corrected chi connectivity index (χ0v) is 7.64. The van der Waals surface area contributed by atoms with Crippen molar-refractivity contribution >= 4 is 12.4 Å². The summed E-state index contributed by atoms with van der Waals surface area (Å²) >= 11 is 0. The molecule has 0 aliphatic carbocycles. The van der Waals surface area contributed by atoms with Crippen LogP contribution in [0.4, 0.5) is 4.39 Å². The molecule has 12 heavy (non-hydrogen) atoms. The Kier molecular flexibility index (Phi) is 4.78. The number of rotatable bonds is 2. The van der Waals surface area contributed by atoms with Crippen LogP contribution >= 0.6 is 12.4 Å². The van der Waals surface area contributed by atoms with E-state index in [1.165, 1.54) is 6.20 Å². The van der Waals surface area contributed by atoms with Crippen LogP contribution in [0.15, 0.2) is 18.3 Å². The molecule has 0 aliphatic rings. The molecule has 1 atom stereocenters. The van der Waals surface area contributed by atoms with Crippen molar-refractivity contribution in [2.24, 2.45) is 5.73 Å². The van der Waals surface area contributed by atoms with Gasteiger partial charge < -0.3 is 5.73 Å². The Morgan fingerprint density at radius 1 is 1.67 bits per heavy atom. The van der Waals surface area contributed by atoms with Gasteiger partial charge in [0, 0.05) is 17.8 Å². The van der Waals surface area contributed by atoms with Crippen LogP contribution in [0.2, 0.25) is 0 Å². The molecule has 1 rings (SSSR count). The number of aromatic nitrogens is 1. The molecule has 0 spiro atoms. The van der Waals surface area contributed by atoms with E-state index in [9.17, 15) is 4.39 Å². The van der Waals surface area contributed by atoms with Gasteiger partial charge in [-0.05, 0) is 12.5 Å². The highest BCUT2D eigenvalue weighted by atomic mass is 35.5. The standard InChI is InChI=1S/C8H11FN2.ClH/c1-2-7(10)6-4-3-5-11-8(6)9;/h3-5,7H,2,10H2,1H3;1H/t7-;/m0./s1. The summed E-state index contributed by atoms with van der Waals surface area (Å²) in [6.07, 6.45) is 2.14. The molecule has 68 valence electrons. The Bertz CT molecular complexity index is 242. The predicted octanol–water partition coefficient (Wildman–Crippen LogP) is 2.05. The summed E-state index contributed by atoms with van der Waals surface area (Å²) < 4.78 is 12.8. The summed E-state index contributed by atoms with van der Waals surface area (Å²) in [6.45, 7) is 1.91. The quantitative estimate of drug-likeness (QED) is 0.725. The molecule has 0 fully saturated rings. The lowest BCUT2D eigenvalue weighted by Crippen LogP contribution is -2.11. The zero-order chi connectivity index (χ0) is 8.27. The van der Waals surface area contributed by atoms with Crippen molar-refractivity contribution in [3.63, 3.8) is 0 Å². The predicted molar refractivity (Wildman–Crippen MR) is 48.7 cm³/mol. The van der Waals surface area contributed by atoms with Gasteiger partial charge in [0.15, 0.2) is 0 Å². The van der Waals surface area contributed by atoms with E-state index in [1.807, 2.05) is 6.92 Å². The minimum Gasteiger partial charge on any atom is -0.324 e. The fraction of sp³-hybridized carbons (Fsp3) is 0.375. The lowest BCUT2D eigenvalue weighted by molar-refractivity contribution is 0.540. The molecule has 0 aromatic carbocycles. The highest BCUT2D eigenvalue weighted by Crippen LogP contribution is 2.14. The van der Waals surface area contributed by atoms with Crippen molar-refractivity contribution in [3.05, 3.63) is 29.8 Å². The number of hydrogen-bond acceptors (Lipinski definition) is 2. The van der Waals surface area contributed by atoms with Gasteiger partial charge in [-0.2, -0.15) is 4.39 Å². The maximum atomic E-state index is 12.8. The molecule has 0 radical (unpaired) electrons. The van der Waals surface area contributed by atoms with Gasteiger partial charge in [-0.25, -0.2) is 4.98 Å². The van der Waals surface area contributed by atoms with E-state index in [-0.39, 0.29) is 18.4 Å². The Hall–Kier alpha value is -0.670. The van der Waals surface area contributed by atoms with Crippen molar-refractivity contribution in [2.45, 2.75) is 19.4 Å². The third kappa shape index (κ3) is 2.43. The molecule has 1 heterocycles. The zero-order valence-electron chi connectivity index (χ0n) is 6.83. The Balaban J connectivity index is 0.00000121. The van der Waals surface area contributed by atoms with Gasteiger partial charge in [-0.15, -0.1) is 12.4 Å². The number of nitrogens with two attached hydrogens (primary N) is 1. The smallest absolute Gasteiger partial charge is 0.217 e. The Labute approximate surface area is 77.4 Å². The molecule has 0 bridgehead atoms. The monoisotopic (exact) mass is 190 g/mol. The number of halogens is 2. The fourth-order valence-electron chi connectivity index (χ4n) is 0.895. The van der Waals surface area contributed by atoms with Crippen molar-refractivity contribution in [3.8, 4) is 0 Å². The Morgan fingerprint density at radius 2 is 2.33 bits per heavy atom. The highest BCUT2D eigenvalue weighted by molar-refractivity contribution is 5.85. The fourth-order valence-corrected chi connectivity index (χ4v) is 0.895. The largest absolute Gasteiger partial charge is 0.324 e. The number of nitrogens with zero attached hydrogens (tertiary/aromatic N) is 1. The van der Waals surface area contributed by atoms with E-state index >= 15 is 0 Å². The SMILES string of the molecule is CC[C@H](N)c1cccnc1F.Cl. The second-order valence-corrected chi connectivity index (χ2v) is 2.40. The van der Waals surface area contributed by atoms with Gasteiger partial charge in [-0.1, -0.05) is 13.0 Å². The molecule has 4 heteroatoms. The molecule has 1 aromatic heterocycles. The summed E-state index contributed by atoms with van der Waals surface area (Å²) in [5.41, 5.74) is 6.11. The van der Waals surface area contributed by atoms with Gasteiger partial charge in [0.2, 0.25) is 5.95 Å². The van der Waals surface area contributed by atoms with Gasteiger partial charge in [0.1, 0.15) is 0 Å². The van der Waals surface area contributed by atoms with Gasteiger partial charge >= 0.3 is 0 Å². The van der Waals surface area contributed by atoms with E-state index in [0.29, 0.717) is 5.56 Å². The van der Waals surface area contributed by atoms with Crippen LogP contribution in [0.1, 0.15) is 24.9 Å². The molecule has 0 saturated heterocycles. The highest BCUT2D eigenvalue weighted by Gasteiger charge is 2.08. The molecule has 0 saturated carbocycles. The lowest BCUT2D eigenvalue weighted by atomic mass is 10.1. The second-order valence-electron chi connectivity index (χ2n) is 2.40. The molecule has 2 nitrogen and oxygen atoms in total. The third-order valence-corrected chi connectivity index (χ3v) is 1.63. The lowest BCUT2D eigenvalue weighted by Gasteiger charge is -2.07. The normalized spacial score (nSPS) is 11.9. The van der Waals surface area contributed by atoms with Crippen LogP contribution in [-0.2, 0) is 0 Å². The van der Waals surface area contributed by atoms with Crippen molar-refractivity contribution < 1.29 is 4.39 Å². The average Bonchev–Trinajstić information content (AvgIpc) is 2.04. The summed E-state index contributed by atoms with van der Waals surface area (Å²) in [5, 5.41) is 0. The van der Waals surface area contributed by atoms with E-state index in [4.69, 9.17) is 5.73 Å². The first-order valence-corrected chi connectivity index (χ1v) is 3.61. The van der Waals surface area contributed by atoms with Crippen LogP contribution in [0.3, 0.4) is 0 Å². The Morgan fingerprint density at radius 3 is 2.83 bits per heavy atom. The minimum absolute atomic E-state index is 0. The molecule has 0 unspecified atom stereocenters. The van der Waals surface area contributed by atoms with Crippen molar-refractivity contribution in [1.82, 2.24) is 4.98 Å². The van der Waals surface area contributed by atoms with E-state index in [1.54, 1.807) is 12.1 Å². The van der Waals surface area contributed by atoms with Crippen LogP contribution in [-0.4, -0.2) is 4.98 Å². The first kappa shape index (κ1) is 11.3. The maximum absolute atomic E-state index is 12.8. The summed E-state index contributed by atoms with van der Waals surface area (Å²) in [6, 6.07) is 3.12. The van der Waals surface area contributed by atoms with Gasteiger partial charge in [0.05, 0.1) is 0 Å². The molecule has 0 amide bonds. The third-order valence-electron chi connectivity index (χ3n) is 1.63. The van der Waals surface area contributed by atoms with Crippen molar-refractivity contribution in [1.29, 1.82) is 0 Å². The van der Waals surface area contributed by atoms with Crippen LogP contribution in [0.25, 0.3) is 0 Å². The average molecular weight is 191 g/mol. The summed E-state index contributed by atoms with van der Waals surface area (Å²) in [7, 11) is 0. The van der Waals surface area contributed by atoms with E-state index in [0.717, 1.165) is 6.42 Å². The van der Waals surface area contributed by atoms with Crippen LogP contribution in [0, 0.1) is 5.95 Å². The summed E-state index contributed by atoms with van der Waals surface area (Å²) in [4.78, 5) is 3.50. The van der Waals surface area contributed by atoms with Crippen molar-refractivity contribution in [2.75, 3.05) is 0 Å². The van der Waals surface area contributed by atoms with Gasteiger partial charge in [0.25, 0.3) is 0 Å². The van der Waals surface area contributed by atoms with Crippen LogP contribution in [0.5, 0.6) is 0 Å². The van der Waals surface area contributed by atoms with E-state index in [2.05, 4.69) is 4.98 Å². The second kappa shape index (κ2) is 5.06. The number of pyridine rings is 1. The van der Waals surface area contributed by atoms with Gasteiger partial charge in [-0.3, -0.25) is 0 Å². The molecule has 2 N–H and O–H groups in total. The maximum Gasteiger partial charge on any atom is 0.217 e. The molecule has 1 aromatic rings. The number of hydrogen-bond donors (Lipinski definition) is 1. The molecule has 0 aliphatic heterocycles. The molecular formula is C8H12ClFN2. The first-order valence-electron chi connectivity index (χ1n) is 3.61. The topological polar surface area (TPSA) is 38.9 Å². The summed E-state index contributed by atoms with van der Waals surface area (Å²) in [5.74, 6) is -0.457. The van der Waals surface area contributed by atoms with Crippen LogP contribution < -0.4 is 5.73 Å².